The first-order valence-electron chi connectivity index (χ1n) is 7.08. The number of hydrogen-bond acceptors (Lipinski definition) is 0. The monoisotopic (exact) mass is 271 g/mol. The molecule has 0 amide bonds. The van der Waals surface area contributed by atoms with Crippen molar-refractivity contribution in [2.45, 2.75) is 19.8 Å². The average Bonchev–Trinajstić information content (AvgIpc) is 2.55. The van der Waals surface area contributed by atoms with Crippen molar-refractivity contribution in [2.24, 2.45) is 0 Å². The van der Waals surface area contributed by atoms with Crippen LogP contribution in [-0.4, -0.2) is 0 Å². The lowest BCUT2D eigenvalue weighted by molar-refractivity contribution is 0.962. The van der Waals surface area contributed by atoms with Crippen molar-refractivity contribution in [3.8, 4) is 11.8 Å². The Kier molecular flexibility index (Phi) is 5.39. The minimum atomic E-state index is 0.642. The van der Waals surface area contributed by atoms with Gasteiger partial charge in [-0.25, -0.2) is 4.85 Å². The van der Waals surface area contributed by atoms with Crippen LogP contribution in [0.15, 0.2) is 54.6 Å². The molecule has 0 heterocycles. The third-order valence-corrected chi connectivity index (χ3v) is 3.02. The van der Waals surface area contributed by atoms with Crippen LogP contribution in [0.4, 0.5) is 5.69 Å². The third kappa shape index (κ3) is 4.68. The Morgan fingerprint density at radius 3 is 2.05 bits per heavy atom. The van der Waals surface area contributed by atoms with E-state index >= 15 is 0 Å². The minimum Gasteiger partial charge on any atom is -0.238 e. The van der Waals surface area contributed by atoms with Crippen molar-refractivity contribution < 1.29 is 0 Å². The molecule has 2 aromatic rings. The van der Waals surface area contributed by atoms with Crippen LogP contribution in [0.1, 0.15) is 36.5 Å². The van der Waals surface area contributed by atoms with E-state index in [0.717, 1.165) is 17.5 Å². The Morgan fingerprint density at radius 2 is 1.52 bits per heavy atom. The maximum atomic E-state index is 6.91. The van der Waals surface area contributed by atoms with Crippen LogP contribution in [0, 0.1) is 18.4 Å². The van der Waals surface area contributed by atoms with Gasteiger partial charge in [-0.2, -0.15) is 0 Å². The van der Waals surface area contributed by atoms with Gasteiger partial charge in [-0.05, 0) is 24.1 Å². The molecule has 0 aliphatic rings. The van der Waals surface area contributed by atoms with Gasteiger partial charge >= 0.3 is 0 Å². The topological polar surface area (TPSA) is 4.36 Å². The predicted molar refractivity (Wildman–Crippen MR) is 89.1 cm³/mol. The molecule has 0 aromatic heterocycles. The fourth-order valence-electron chi connectivity index (χ4n) is 1.83. The molecule has 102 valence electrons. The minimum absolute atomic E-state index is 0.642. The molecule has 1 nitrogen and oxygen atoms in total. The van der Waals surface area contributed by atoms with Gasteiger partial charge in [0.1, 0.15) is 0 Å². The number of rotatable bonds is 3. The van der Waals surface area contributed by atoms with Crippen LogP contribution in [0.2, 0.25) is 0 Å². The molecular weight excluding hydrogens is 254 g/mol. The van der Waals surface area contributed by atoms with E-state index in [1.807, 2.05) is 24.3 Å². The summed E-state index contributed by atoms with van der Waals surface area (Å²) in [6.07, 6.45) is 6.62. The zero-order valence-corrected chi connectivity index (χ0v) is 12.1. The summed E-state index contributed by atoms with van der Waals surface area (Å²) in [6, 6.07) is 15.6. The fourth-order valence-corrected chi connectivity index (χ4v) is 1.83. The number of unbranched alkanes of at least 4 members (excludes halogenated alkanes) is 1. The van der Waals surface area contributed by atoms with Gasteiger partial charge in [0.05, 0.1) is 6.57 Å². The first kappa shape index (κ1) is 14.6. The molecule has 0 fully saturated rings. The van der Waals surface area contributed by atoms with E-state index < -0.39 is 0 Å². The Morgan fingerprint density at radius 1 is 0.952 bits per heavy atom. The van der Waals surface area contributed by atoms with Crippen LogP contribution in [0.3, 0.4) is 0 Å². The number of nitrogens with zero attached hydrogens (tertiary/aromatic N) is 1. The third-order valence-electron chi connectivity index (χ3n) is 3.02. The highest BCUT2D eigenvalue weighted by atomic mass is 14.6. The van der Waals surface area contributed by atoms with Crippen LogP contribution in [-0.2, 0) is 0 Å². The molecule has 0 spiro atoms. The summed E-state index contributed by atoms with van der Waals surface area (Å²) in [5.41, 5.74) is 3.77. The molecule has 21 heavy (non-hydrogen) atoms. The summed E-state index contributed by atoms with van der Waals surface area (Å²) in [6.45, 7) is 9.09. The SMILES string of the molecule is [C-]#[N+]c1ccc(C#Cc2ccc(/C=C/CCC)cc2)cc1. The Hall–Kier alpha value is -2.77. The van der Waals surface area contributed by atoms with Crippen molar-refractivity contribution in [1.29, 1.82) is 0 Å². The molecule has 0 saturated heterocycles. The smallest absolute Gasteiger partial charge is 0.187 e. The quantitative estimate of drug-likeness (QED) is 0.516. The van der Waals surface area contributed by atoms with Gasteiger partial charge in [-0.1, -0.05) is 73.7 Å². The van der Waals surface area contributed by atoms with E-state index in [1.165, 1.54) is 12.0 Å². The van der Waals surface area contributed by atoms with Gasteiger partial charge in [0.2, 0.25) is 0 Å². The largest absolute Gasteiger partial charge is 0.238 e. The summed E-state index contributed by atoms with van der Waals surface area (Å²) in [7, 11) is 0. The summed E-state index contributed by atoms with van der Waals surface area (Å²) in [4.78, 5) is 3.37. The Labute approximate surface area is 126 Å². The second-order valence-corrected chi connectivity index (χ2v) is 4.72. The predicted octanol–water partition coefficient (Wildman–Crippen LogP) is 5.45. The lowest BCUT2D eigenvalue weighted by Crippen LogP contribution is -1.77. The summed E-state index contributed by atoms with van der Waals surface area (Å²) >= 11 is 0. The van der Waals surface area contributed by atoms with Crippen molar-refractivity contribution in [1.82, 2.24) is 0 Å². The molecule has 0 bridgehead atoms. The van der Waals surface area contributed by atoms with Gasteiger partial charge in [0, 0.05) is 11.1 Å². The molecule has 0 aliphatic heterocycles. The Bertz CT molecular complexity index is 702. The highest BCUT2D eigenvalue weighted by Gasteiger charge is 1.91. The second kappa shape index (κ2) is 7.73. The Balaban J connectivity index is 2.06. The molecule has 0 N–H and O–H groups in total. The molecular formula is C20H17N. The molecule has 0 saturated carbocycles. The van der Waals surface area contributed by atoms with Crippen molar-refractivity contribution >= 4 is 11.8 Å². The first-order valence-corrected chi connectivity index (χ1v) is 7.08. The van der Waals surface area contributed by atoms with Gasteiger partial charge in [0.25, 0.3) is 0 Å². The van der Waals surface area contributed by atoms with Crippen molar-refractivity contribution in [3.05, 3.63) is 82.7 Å². The molecule has 0 unspecified atom stereocenters. The molecule has 2 aromatic carbocycles. The van der Waals surface area contributed by atoms with Gasteiger partial charge < -0.3 is 0 Å². The van der Waals surface area contributed by atoms with Gasteiger partial charge in [0.15, 0.2) is 5.69 Å². The number of hydrogen-bond donors (Lipinski definition) is 0. The van der Waals surface area contributed by atoms with Crippen LogP contribution >= 0.6 is 0 Å². The molecule has 2 rings (SSSR count). The highest BCUT2D eigenvalue weighted by Crippen LogP contribution is 2.12. The maximum Gasteiger partial charge on any atom is 0.187 e. The molecule has 0 aliphatic carbocycles. The zero-order valence-electron chi connectivity index (χ0n) is 12.1. The van der Waals surface area contributed by atoms with E-state index in [0.29, 0.717) is 5.69 Å². The normalized spacial score (nSPS) is 9.90. The van der Waals surface area contributed by atoms with Crippen LogP contribution in [0.5, 0.6) is 0 Å². The number of allylic oxidation sites excluding steroid dienone is 1. The van der Waals surface area contributed by atoms with Crippen LogP contribution < -0.4 is 0 Å². The van der Waals surface area contributed by atoms with Crippen LogP contribution in [0.25, 0.3) is 10.9 Å². The van der Waals surface area contributed by atoms with Crippen molar-refractivity contribution in [3.63, 3.8) is 0 Å². The molecule has 0 atom stereocenters. The fraction of sp³-hybridized carbons (Fsp3) is 0.150. The van der Waals surface area contributed by atoms with Crippen molar-refractivity contribution in [2.75, 3.05) is 0 Å². The van der Waals surface area contributed by atoms with Gasteiger partial charge in [-0.15, -0.1) is 0 Å². The van der Waals surface area contributed by atoms with E-state index in [1.54, 1.807) is 12.1 Å². The van der Waals surface area contributed by atoms with E-state index in [-0.39, 0.29) is 0 Å². The first-order chi connectivity index (χ1) is 10.3. The van der Waals surface area contributed by atoms with Gasteiger partial charge in [-0.3, -0.25) is 0 Å². The van der Waals surface area contributed by atoms with E-state index in [2.05, 4.69) is 47.9 Å². The second-order valence-electron chi connectivity index (χ2n) is 4.72. The molecule has 0 radical (unpaired) electrons. The number of benzene rings is 2. The summed E-state index contributed by atoms with van der Waals surface area (Å²) in [5.74, 6) is 6.25. The lowest BCUT2D eigenvalue weighted by Gasteiger charge is -1.94. The average molecular weight is 271 g/mol. The van der Waals surface area contributed by atoms with E-state index in [4.69, 9.17) is 6.57 Å². The molecule has 1 heteroatoms. The summed E-state index contributed by atoms with van der Waals surface area (Å²) in [5, 5.41) is 0. The van der Waals surface area contributed by atoms with E-state index in [9.17, 15) is 0 Å². The standard InChI is InChI=1S/C20H17N/c1-3-4-5-6-17-7-9-18(10-8-17)11-12-19-13-15-20(21-2)16-14-19/h5-10,13-16H,3-4H2,1H3/b6-5+. The zero-order chi connectivity index (χ0) is 14.9. The lowest BCUT2D eigenvalue weighted by atomic mass is 10.1. The maximum absolute atomic E-state index is 6.91. The highest BCUT2D eigenvalue weighted by molar-refractivity contribution is 5.53. The summed E-state index contributed by atoms with van der Waals surface area (Å²) < 4.78 is 0.